The lowest BCUT2D eigenvalue weighted by Gasteiger charge is -2.24. The topological polar surface area (TPSA) is 97.5 Å². The first-order chi connectivity index (χ1) is 11.7. The van der Waals surface area contributed by atoms with Crippen LogP contribution in [0.25, 0.3) is 0 Å². The molecule has 134 valence electrons. The molecule has 0 unspecified atom stereocenters. The Kier molecular flexibility index (Phi) is 4.72. The summed E-state index contributed by atoms with van der Waals surface area (Å²) in [6, 6.07) is 12.7. The predicted octanol–water partition coefficient (Wildman–Crippen LogP) is 2.17. The largest absolute Gasteiger partial charge is 0.243 e. The molecular formula is C17H20N2O4S2. The second-order valence-corrected chi connectivity index (χ2v) is 9.66. The highest BCUT2D eigenvalue weighted by atomic mass is 32.2. The zero-order valence-electron chi connectivity index (χ0n) is 13.8. The Morgan fingerprint density at radius 3 is 2.28 bits per heavy atom. The molecule has 0 radical (unpaired) electrons. The molecule has 1 saturated heterocycles. The SMILES string of the molecule is Cc1ccc([C@H]2CCCN2S(=O)(=O)c2cccc(S(N)(=O)=O)c2)cc1. The van der Waals surface area contributed by atoms with Crippen LogP contribution >= 0.6 is 0 Å². The number of primary sulfonamides is 1. The van der Waals surface area contributed by atoms with Gasteiger partial charge in [-0.05, 0) is 43.5 Å². The first-order valence-electron chi connectivity index (χ1n) is 7.91. The number of nitrogens with two attached hydrogens (primary N) is 1. The van der Waals surface area contributed by atoms with Crippen molar-refractivity contribution in [2.45, 2.75) is 35.6 Å². The van der Waals surface area contributed by atoms with Crippen LogP contribution in [0, 0.1) is 6.92 Å². The van der Waals surface area contributed by atoms with Gasteiger partial charge in [0.1, 0.15) is 0 Å². The van der Waals surface area contributed by atoms with Crippen molar-refractivity contribution in [2.24, 2.45) is 5.14 Å². The molecule has 1 aliphatic heterocycles. The van der Waals surface area contributed by atoms with E-state index < -0.39 is 20.0 Å². The number of benzene rings is 2. The Morgan fingerprint density at radius 2 is 1.64 bits per heavy atom. The van der Waals surface area contributed by atoms with Crippen molar-refractivity contribution in [1.29, 1.82) is 0 Å². The fourth-order valence-electron chi connectivity index (χ4n) is 3.10. The van der Waals surface area contributed by atoms with Gasteiger partial charge in [-0.2, -0.15) is 4.31 Å². The van der Waals surface area contributed by atoms with Crippen LogP contribution in [0.3, 0.4) is 0 Å². The average Bonchev–Trinajstić information content (AvgIpc) is 3.05. The summed E-state index contributed by atoms with van der Waals surface area (Å²) in [7, 11) is -7.78. The van der Waals surface area contributed by atoms with Crippen molar-refractivity contribution in [1.82, 2.24) is 4.31 Å². The summed E-state index contributed by atoms with van der Waals surface area (Å²) in [5, 5.41) is 5.12. The van der Waals surface area contributed by atoms with Gasteiger partial charge in [-0.25, -0.2) is 22.0 Å². The third-order valence-corrected chi connectivity index (χ3v) is 7.22. The summed E-state index contributed by atoms with van der Waals surface area (Å²) in [5.41, 5.74) is 2.05. The van der Waals surface area contributed by atoms with Crippen LogP contribution in [0.5, 0.6) is 0 Å². The van der Waals surface area contributed by atoms with Crippen molar-refractivity contribution >= 4 is 20.0 Å². The number of rotatable bonds is 4. The minimum Gasteiger partial charge on any atom is -0.225 e. The molecule has 0 spiro atoms. The van der Waals surface area contributed by atoms with Crippen molar-refractivity contribution in [3.8, 4) is 0 Å². The molecule has 3 rings (SSSR count). The van der Waals surface area contributed by atoms with Gasteiger partial charge in [-0.15, -0.1) is 0 Å². The summed E-state index contributed by atoms with van der Waals surface area (Å²) in [5.74, 6) is 0. The van der Waals surface area contributed by atoms with Gasteiger partial charge in [-0.1, -0.05) is 35.9 Å². The molecule has 8 heteroatoms. The monoisotopic (exact) mass is 380 g/mol. The number of sulfonamides is 2. The molecule has 2 aromatic rings. The van der Waals surface area contributed by atoms with Crippen molar-refractivity contribution in [3.05, 3.63) is 59.7 Å². The van der Waals surface area contributed by atoms with E-state index >= 15 is 0 Å². The van der Waals surface area contributed by atoms with Crippen LogP contribution in [0.2, 0.25) is 0 Å². The number of nitrogens with zero attached hydrogens (tertiary/aromatic N) is 1. The van der Waals surface area contributed by atoms with Crippen LogP contribution in [0.1, 0.15) is 30.0 Å². The third kappa shape index (κ3) is 3.62. The fraction of sp³-hybridized carbons (Fsp3) is 0.294. The molecule has 1 heterocycles. The van der Waals surface area contributed by atoms with Gasteiger partial charge >= 0.3 is 0 Å². The Balaban J connectivity index is 2.00. The second-order valence-electron chi connectivity index (χ2n) is 6.20. The van der Waals surface area contributed by atoms with Gasteiger partial charge in [0, 0.05) is 6.54 Å². The maximum absolute atomic E-state index is 13.1. The number of hydrogen-bond acceptors (Lipinski definition) is 4. The van der Waals surface area contributed by atoms with E-state index in [4.69, 9.17) is 5.14 Å². The summed E-state index contributed by atoms with van der Waals surface area (Å²) in [6.45, 7) is 2.38. The fourth-order valence-corrected chi connectivity index (χ4v) is 5.46. The van der Waals surface area contributed by atoms with Gasteiger partial charge in [0.2, 0.25) is 20.0 Å². The van der Waals surface area contributed by atoms with E-state index in [9.17, 15) is 16.8 Å². The zero-order chi connectivity index (χ0) is 18.2. The van der Waals surface area contributed by atoms with E-state index in [1.165, 1.54) is 22.5 Å². The number of aryl methyl sites for hydroxylation is 1. The summed E-state index contributed by atoms with van der Waals surface area (Å²) in [4.78, 5) is -0.266. The molecule has 0 bridgehead atoms. The molecule has 2 N–H and O–H groups in total. The van der Waals surface area contributed by atoms with Crippen LogP contribution in [-0.4, -0.2) is 27.7 Å². The maximum atomic E-state index is 13.1. The van der Waals surface area contributed by atoms with Crippen LogP contribution < -0.4 is 5.14 Å². The van der Waals surface area contributed by atoms with Gasteiger partial charge in [0.15, 0.2) is 0 Å². The lowest BCUT2D eigenvalue weighted by Crippen LogP contribution is -2.31. The zero-order valence-corrected chi connectivity index (χ0v) is 15.4. The Bertz CT molecular complexity index is 984. The molecule has 1 atom stereocenters. The third-order valence-electron chi connectivity index (χ3n) is 4.41. The van der Waals surface area contributed by atoms with E-state index in [2.05, 4.69) is 0 Å². The Hall–Kier alpha value is -1.74. The molecule has 0 aromatic heterocycles. The minimum absolute atomic E-state index is 0.0574. The summed E-state index contributed by atoms with van der Waals surface area (Å²) in [6.07, 6.45) is 1.49. The van der Waals surface area contributed by atoms with E-state index in [0.717, 1.165) is 30.0 Å². The first kappa shape index (κ1) is 18.1. The van der Waals surface area contributed by atoms with E-state index in [0.29, 0.717) is 6.54 Å². The molecular weight excluding hydrogens is 360 g/mol. The highest BCUT2D eigenvalue weighted by Gasteiger charge is 2.36. The first-order valence-corrected chi connectivity index (χ1v) is 10.9. The van der Waals surface area contributed by atoms with Gasteiger partial charge in [0.25, 0.3) is 0 Å². The molecule has 0 amide bonds. The quantitative estimate of drug-likeness (QED) is 0.879. The highest BCUT2D eigenvalue weighted by Crippen LogP contribution is 2.36. The van der Waals surface area contributed by atoms with Gasteiger partial charge in [-0.3, -0.25) is 0 Å². The summed E-state index contributed by atoms with van der Waals surface area (Å²) < 4.78 is 50.6. The molecule has 6 nitrogen and oxygen atoms in total. The van der Waals surface area contributed by atoms with Crippen LogP contribution in [-0.2, 0) is 20.0 Å². The lowest BCUT2D eigenvalue weighted by atomic mass is 10.0. The standard InChI is InChI=1S/C17H20N2O4S2/c1-13-7-9-14(10-8-13)17-6-3-11-19(17)25(22,23)16-5-2-4-15(12-16)24(18,20)21/h2,4-5,7-10,12,17H,3,6,11H2,1H3,(H2,18,20,21)/t17-/m1/s1. The molecule has 1 fully saturated rings. The van der Waals surface area contributed by atoms with Crippen LogP contribution in [0.4, 0.5) is 0 Å². The average molecular weight is 380 g/mol. The lowest BCUT2D eigenvalue weighted by molar-refractivity contribution is 0.396. The molecule has 2 aromatic carbocycles. The highest BCUT2D eigenvalue weighted by molar-refractivity contribution is 7.90. The normalized spacial score (nSPS) is 19.2. The second kappa shape index (κ2) is 6.53. The number of hydrogen-bond donors (Lipinski definition) is 1. The van der Waals surface area contributed by atoms with Gasteiger partial charge < -0.3 is 0 Å². The molecule has 1 aliphatic rings. The summed E-state index contributed by atoms with van der Waals surface area (Å²) >= 11 is 0. The Labute approximate surface area is 148 Å². The van der Waals surface area contributed by atoms with E-state index in [1.807, 2.05) is 31.2 Å². The van der Waals surface area contributed by atoms with Gasteiger partial charge in [0.05, 0.1) is 15.8 Å². The Morgan fingerprint density at radius 1 is 1.00 bits per heavy atom. The van der Waals surface area contributed by atoms with Crippen LogP contribution in [0.15, 0.2) is 58.3 Å². The van der Waals surface area contributed by atoms with Crippen molar-refractivity contribution in [3.63, 3.8) is 0 Å². The smallest absolute Gasteiger partial charge is 0.225 e. The molecule has 0 saturated carbocycles. The minimum atomic E-state index is -3.96. The molecule has 25 heavy (non-hydrogen) atoms. The molecule has 0 aliphatic carbocycles. The van der Waals surface area contributed by atoms with E-state index in [-0.39, 0.29) is 15.8 Å². The van der Waals surface area contributed by atoms with Crippen molar-refractivity contribution < 1.29 is 16.8 Å². The van der Waals surface area contributed by atoms with Crippen molar-refractivity contribution in [2.75, 3.05) is 6.54 Å². The van der Waals surface area contributed by atoms with E-state index in [1.54, 1.807) is 0 Å². The predicted molar refractivity (Wildman–Crippen MR) is 94.9 cm³/mol. The maximum Gasteiger partial charge on any atom is 0.243 e.